The number of aromatic amines is 1. The maximum Gasteiger partial charge on any atom is 0.276 e. The third-order valence-electron chi connectivity index (χ3n) is 5.14. The van der Waals surface area contributed by atoms with Gasteiger partial charge in [-0.2, -0.15) is 10.4 Å². The molecule has 1 aliphatic rings. The smallest absolute Gasteiger partial charge is 0.276 e. The summed E-state index contributed by atoms with van der Waals surface area (Å²) in [5, 5.41) is 19.5. The van der Waals surface area contributed by atoms with Gasteiger partial charge >= 0.3 is 0 Å². The Kier molecular flexibility index (Phi) is 4.07. The number of nitrogens with one attached hydrogen (secondary N) is 2. The molecule has 0 saturated heterocycles. The van der Waals surface area contributed by atoms with Crippen LogP contribution in [0.15, 0.2) is 59.2 Å². The lowest BCUT2D eigenvalue weighted by molar-refractivity contribution is 0.0975. The van der Waals surface area contributed by atoms with E-state index in [4.69, 9.17) is 9.68 Å². The van der Waals surface area contributed by atoms with Crippen LogP contribution >= 0.6 is 0 Å². The fourth-order valence-electron chi connectivity index (χ4n) is 3.63. The quantitative estimate of drug-likeness (QED) is 0.549. The van der Waals surface area contributed by atoms with E-state index in [1.54, 1.807) is 47.6 Å². The summed E-state index contributed by atoms with van der Waals surface area (Å²) < 4.78 is 5.31. The van der Waals surface area contributed by atoms with Crippen molar-refractivity contribution in [1.29, 1.82) is 5.26 Å². The van der Waals surface area contributed by atoms with E-state index in [2.05, 4.69) is 21.6 Å². The summed E-state index contributed by atoms with van der Waals surface area (Å²) in [6, 6.07) is 16.0. The van der Waals surface area contributed by atoms with Crippen LogP contribution in [-0.2, 0) is 6.42 Å². The second kappa shape index (κ2) is 6.90. The highest BCUT2D eigenvalue weighted by molar-refractivity contribution is 6.11. The minimum atomic E-state index is -0.380. The van der Waals surface area contributed by atoms with E-state index < -0.39 is 0 Å². The summed E-state index contributed by atoms with van der Waals surface area (Å²) in [4.78, 5) is 27.3. The zero-order chi connectivity index (χ0) is 20.7. The first-order valence-electron chi connectivity index (χ1n) is 9.32. The third-order valence-corrected chi connectivity index (χ3v) is 5.14. The molecule has 146 valence electrons. The number of nitriles is 1. The van der Waals surface area contributed by atoms with Gasteiger partial charge in [0.15, 0.2) is 5.69 Å². The van der Waals surface area contributed by atoms with Crippen LogP contribution in [0.2, 0.25) is 0 Å². The molecule has 1 aliphatic heterocycles. The molecule has 0 atom stereocenters. The van der Waals surface area contributed by atoms with E-state index in [-0.39, 0.29) is 17.5 Å². The van der Waals surface area contributed by atoms with Gasteiger partial charge in [0.1, 0.15) is 11.3 Å². The Bertz CT molecular complexity index is 1330. The van der Waals surface area contributed by atoms with Crippen LogP contribution < -0.4 is 10.2 Å². The van der Waals surface area contributed by atoms with E-state index in [0.717, 1.165) is 11.0 Å². The maximum atomic E-state index is 12.9. The average molecular weight is 397 g/mol. The zero-order valence-corrected chi connectivity index (χ0v) is 15.7. The molecule has 30 heavy (non-hydrogen) atoms. The Balaban J connectivity index is 1.38. The van der Waals surface area contributed by atoms with Crippen molar-refractivity contribution in [2.75, 3.05) is 16.8 Å². The molecular weight excluding hydrogens is 382 g/mol. The summed E-state index contributed by atoms with van der Waals surface area (Å²) in [6.45, 7) is 0.415. The van der Waals surface area contributed by atoms with Gasteiger partial charge in [-0.15, -0.1) is 0 Å². The normalized spacial score (nSPS) is 13.2. The predicted octanol–water partition coefficient (Wildman–Crippen LogP) is 3.48. The third kappa shape index (κ3) is 2.89. The van der Waals surface area contributed by atoms with Gasteiger partial charge in [-0.05, 0) is 55.0 Å². The first-order valence-corrected chi connectivity index (χ1v) is 9.32. The highest BCUT2D eigenvalue weighted by Crippen LogP contribution is 2.26. The Labute approximate surface area is 170 Å². The monoisotopic (exact) mass is 397 g/mol. The molecule has 0 bridgehead atoms. The molecule has 2 aromatic heterocycles. The molecule has 0 fully saturated rings. The standard InChI is InChI=1S/C22H15N5O3/c23-12-13-1-4-16(5-2-13)27-9-7-17-19(25-26-20(17)22(27)29)21(28)24-15-3-6-18-14(11-15)8-10-30-18/h1-6,8,10-11H,7,9H2,(H,24,28)(H,25,26). The van der Waals surface area contributed by atoms with Crippen LogP contribution in [0.1, 0.15) is 32.1 Å². The molecule has 0 aliphatic carbocycles. The van der Waals surface area contributed by atoms with E-state index in [9.17, 15) is 9.59 Å². The molecule has 0 spiro atoms. The van der Waals surface area contributed by atoms with Crippen LogP contribution in [0.4, 0.5) is 11.4 Å². The van der Waals surface area contributed by atoms with Crippen molar-refractivity contribution < 1.29 is 14.0 Å². The second-order valence-corrected chi connectivity index (χ2v) is 6.92. The van der Waals surface area contributed by atoms with Gasteiger partial charge in [0.05, 0.1) is 17.9 Å². The molecule has 5 rings (SSSR count). The number of rotatable bonds is 3. The first kappa shape index (κ1) is 17.7. The van der Waals surface area contributed by atoms with E-state index in [1.807, 2.05) is 12.1 Å². The number of benzene rings is 2. The van der Waals surface area contributed by atoms with Gasteiger partial charge in [-0.3, -0.25) is 14.7 Å². The number of fused-ring (bicyclic) bond motifs is 2. The number of anilines is 2. The summed E-state index contributed by atoms with van der Waals surface area (Å²) in [5.74, 6) is -0.637. The fraction of sp³-hybridized carbons (Fsp3) is 0.0909. The second-order valence-electron chi connectivity index (χ2n) is 6.92. The summed E-state index contributed by atoms with van der Waals surface area (Å²) in [5.41, 5.74) is 3.69. The van der Waals surface area contributed by atoms with Crippen LogP contribution in [0, 0.1) is 11.3 Å². The van der Waals surface area contributed by atoms with Crippen LogP contribution in [-0.4, -0.2) is 28.6 Å². The van der Waals surface area contributed by atoms with E-state index >= 15 is 0 Å². The van der Waals surface area contributed by atoms with Crippen molar-refractivity contribution >= 4 is 34.2 Å². The Morgan fingerprint density at radius 1 is 1.20 bits per heavy atom. The van der Waals surface area contributed by atoms with Crippen molar-refractivity contribution in [2.45, 2.75) is 6.42 Å². The van der Waals surface area contributed by atoms with Crippen LogP contribution in [0.5, 0.6) is 0 Å². The molecule has 4 aromatic rings. The maximum absolute atomic E-state index is 12.9. The highest BCUT2D eigenvalue weighted by Gasteiger charge is 2.32. The fourth-order valence-corrected chi connectivity index (χ4v) is 3.63. The molecule has 8 nitrogen and oxygen atoms in total. The molecule has 2 N–H and O–H groups in total. The SMILES string of the molecule is N#Cc1ccc(N2CCc3c(C(=O)Nc4ccc5occc5c4)n[nH]c3C2=O)cc1. The van der Waals surface area contributed by atoms with Crippen molar-refractivity contribution in [3.05, 3.63) is 77.3 Å². The molecule has 8 heteroatoms. The minimum absolute atomic E-state index is 0.213. The van der Waals surface area contributed by atoms with Crippen molar-refractivity contribution in [2.24, 2.45) is 0 Å². The zero-order valence-electron chi connectivity index (χ0n) is 15.7. The lowest BCUT2D eigenvalue weighted by Crippen LogP contribution is -2.38. The van der Waals surface area contributed by atoms with Gasteiger partial charge in [-0.25, -0.2) is 0 Å². The molecule has 0 radical (unpaired) electrons. The summed E-state index contributed by atoms with van der Waals surface area (Å²) in [7, 11) is 0. The Hall–Kier alpha value is -4.38. The Morgan fingerprint density at radius 2 is 2.03 bits per heavy atom. The lowest BCUT2D eigenvalue weighted by atomic mass is 10.0. The number of amides is 2. The number of nitrogens with zero attached hydrogens (tertiary/aromatic N) is 3. The molecular formula is C22H15N5O3. The van der Waals surface area contributed by atoms with Gasteiger partial charge in [0, 0.05) is 28.9 Å². The molecule has 3 heterocycles. The van der Waals surface area contributed by atoms with Gasteiger partial charge in [0.2, 0.25) is 0 Å². The number of furan rings is 1. The topological polar surface area (TPSA) is 115 Å². The molecule has 2 amide bonds. The number of aromatic nitrogens is 2. The molecule has 0 unspecified atom stereocenters. The summed E-state index contributed by atoms with van der Waals surface area (Å²) in [6.07, 6.45) is 2.08. The van der Waals surface area contributed by atoms with Gasteiger partial charge in [0.25, 0.3) is 11.8 Å². The molecule has 0 saturated carbocycles. The largest absolute Gasteiger partial charge is 0.464 e. The van der Waals surface area contributed by atoms with Crippen molar-refractivity contribution in [3.8, 4) is 6.07 Å². The number of hydrogen-bond donors (Lipinski definition) is 2. The van der Waals surface area contributed by atoms with Crippen LogP contribution in [0.3, 0.4) is 0 Å². The number of carbonyl (C=O) groups excluding carboxylic acids is 2. The number of carbonyl (C=O) groups is 2. The highest BCUT2D eigenvalue weighted by atomic mass is 16.3. The van der Waals surface area contributed by atoms with Gasteiger partial charge < -0.3 is 14.6 Å². The first-order chi connectivity index (χ1) is 14.6. The van der Waals surface area contributed by atoms with Crippen LogP contribution in [0.25, 0.3) is 11.0 Å². The number of H-pyrrole nitrogens is 1. The predicted molar refractivity (Wildman–Crippen MR) is 109 cm³/mol. The number of hydrogen-bond acceptors (Lipinski definition) is 5. The van der Waals surface area contributed by atoms with Gasteiger partial charge in [-0.1, -0.05) is 0 Å². The van der Waals surface area contributed by atoms with Crippen molar-refractivity contribution in [1.82, 2.24) is 10.2 Å². The van der Waals surface area contributed by atoms with Crippen molar-refractivity contribution in [3.63, 3.8) is 0 Å². The minimum Gasteiger partial charge on any atom is -0.464 e. The van der Waals surface area contributed by atoms with E-state index in [0.29, 0.717) is 41.2 Å². The average Bonchev–Trinajstić information content (AvgIpc) is 3.41. The lowest BCUT2D eigenvalue weighted by Gasteiger charge is -2.26. The molecule has 2 aromatic carbocycles. The van der Waals surface area contributed by atoms with E-state index in [1.165, 1.54) is 0 Å². The summed E-state index contributed by atoms with van der Waals surface area (Å²) >= 11 is 0. The Morgan fingerprint density at radius 3 is 2.83 bits per heavy atom.